The van der Waals surface area contributed by atoms with Crippen molar-refractivity contribution in [2.75, 3.05) is 18.1 Å². The minimum absolute atomic E-state index is 0.129. The molecule has 0 heterocycles. The smallest absolute Gasteiger partial charge is 0.151 e. The highest BCUT2D eigenvalue weighted by Gasteiger charge is 2.22. The van der Waals surface area contributed by atoms with Gasteiger partial charge in [-0.25, -0.2) is 0 Å². The number of benzene rings is 1. The lowest BCUT2D eigenvalue weighted by Crippen LogP contribution is -2.35. The van der Waals surface area contributed by atoms with E-state index >= 15 is 0 Å². The van der Waals surface area contributed by atoms with Crippen molar-refractivity contribution in [3.05, 3.63) is 28.8 Å². The molecular weight excluding hydrogens is 250 g/mol. The maximum absolute atomic E-state index is 10.8. The van der Waals surface area contributed by atoms with Crippen LogP contribution >= 0.6 is 11.6 Å². The lowest BCUT2D eigenvalue weighted by molar-refractivity contribution is 0.112. The molecule has 4 heteroatoms. The molecule has 0 spiro atoms. The molecule has 1 fully saturated rings. The van der Waals surface area contributed by atoms with Crippen LogP contribution in [0.2, 0.25) is 5.02 Å². The summed E-state index contributed by atoms with van der Waals surface area (Å²) in [5.74, 6) is 0. The van der Waals surface area contributed by atoms with Crippen LogP contribution in [0.5, 0.6) is 0 Å². The molecule has 1 N–H and O–H groups in total. The highest BCUT2D eigenvalue weighted by molar-refractivity contribution is 6.33. The van der Waals surface area contributed by atoms with Gasteiger partial charge in [-0.05, 0) is 31.0 Å². The Kier molecular flexibility index (Phi) is 4.61. The van der Waals surface area contributed by atoms with E-state index in [-0.39, 0.29) is 6.61 Å². The molecule has 1 aromatic carbocycles. The molecule has 1 aliphatic rings. The number of aldehydes is 1. The number of aliphatic hydroxyl groups is 1. The summed E-state index contributed by atoms with van der Waals surface area (Å²) in [6.45, 7) is 0.741. The van der Waals surface area contributed by atoms with Crippen LogP contribution < -0.4 is 4.90 Å². The number of anilines is 1. The molecule has 0 aliphatic heterocycles. The molecule has 0 aromatic heterocycles. The average Bonchev–Trinajstić information content (AvgIpc) is 2.89. The second-order valence-corrected chi connectivity index (χ2v) is 5.09. The van der Waals surface area contributed by atoms with E-state index in [2.05, 4.69) is 4.90 Å². The largest absolute Gasteiger partial charge is 0.395 e. The fourth-order valence-corrected chi connectivity index (χ4v) is 2.86. The Balaban J connectivity index is 2.24. The van der Waals surface area contributed by atoms with Crippen LogP contribution in [0.3, 0.4) is 0 Å². The van der Waals surface area contributed by atoms with Crippen LogP contribution in [-0.4, -0.2) is 30.6 Å². The Morgan fingerprint density at radius 3 is 2.67 bits per heavy atom. The zero-order valence-corrected chi connectivity index (χ0v) is 11.1. The van der Waals surface area contributed by atoms with E-state index in [1.165, 1.54) is 12.8 Å². The molecule has 1 aromatic rings. The molecule has 18 heavy (non-hydrogen) atoms. The van der Waals surface area contributed by atoms with Crippen LogP contribution in [0.4, 0.5) is 5.69 Å². The molecule has 1 saturated carbocycles. The van der Waals surface area contributed by atoms with Crippen molar-refractivity contribution in [1.29, 1.82) is 0 Å². The summed E-state index contributed by atoms with van der Waals surface area (Å²) in [6, 6.07) is 5.95. The van der Waals surface area contributed by atoms with Crippen molar-refractivity contribution in [2.24, 2.45) is 0 Å². The zero-order chi connectivity index (χ0) is 13.0. The maximum atomic E-state index is 10.8. The lowest BCUT2D eigenvalue weighted by Gasteiger charge is -2.30. The molecule has 0 saturated heterocycles. The highest BCUT2D eigenvalue weighted by atomic mass is 35.5. The number of aliphatic hydroxyl groups excluding tert-OH is 1. The summed E-state index contributed by atoms with van der Waals surface area (Å²) in [4.78, 5) is 13.0. The van der Waals surface area contributed by atoms with Crippen LogP contribution in [0.25, 0.3) is 0 Å². The third-order valence-electron chi connectivity index (χ3n) is 3.55. The molecular formula is C14H18ClNO2. The van der Waals surface area contributed by atoms with Crippen molar-refractivity contribution >= 4 is 23.6 Å². The predicted octanol–water partition coefficient (Wildman–Crippen LogP) is 2.89. The van der Waals surface area contributed by atoms with E-state index in [1.807, 2.05) is 12.1 Å². The van der Waals surface area contributed by atoms with E-state index in [4.69, 9.17) is 11.6 Å². The van der Waals surface area contributed by atoms with Gasteiger partial charge in [0.2, 0.25) is 0 Å². The van der Waals surface area contributed by atoms with E-state index < -0.39 is 0 Å². The number of halogens is 1. The van der Waals surface area contributed by atoms with Crippen molar-refractivity contribution in [2.45, 2.75) is 31.7 Å². The summed E-state index contributed by atoms with van der Waals surface area (Å²) < 4.78 is 0. The molecule has 3 nitrogen and oxygen atoms in total. The molecule has 0 amide bonds. The summed E-state index contributed by atoms with van der Waals surface area (Å²) in [5.41, 5.74) is 1.50. The Bertz CT molecular complexity index is 416. The highest BCUT2D eigenvalue weighted by Crippen LogP contribution is 2.30. The average molecular weight is 268 g/mol. The third-order valence-corrected chi connectivity index (χ3v) is 3.88. The third kappa shape index (κ3) is 2.85. The standard InChI is InChI=1S/C14H18ClNO2/c15-14-9-13(6-5-11(14)10-18)16(7-8-17)12-3-1-2-4-12/h5-6,9-10,12,17H,1-4,7-8H2. The normalized spacial score (nSPS) is 15.9. The lowest BCUT2D eigenvalue weighted by atomic mass is 10.1. The van der Waals surface area contributed by atoms with Gasteiger partial charge in [-0.1, -0.05) is 24.4 Å². The minimum Gasteiger partial charge on any atom is -0.395 e. The number of nitrogens with zero attached hydrogens (tertiary/aromatic N) is 1. The van der Waals surface area contributed by atoms with E-state index in [9.17, 15) is 9.90 Å². The first-order chi connectivity index (χ1) is 8.76. The number of hydrogen-bond donors (Lipinski definition) is 1. The maximum Gasteiger partial charge on any atom is 0.151 e. The van der Waals surface area contributed by atoms with Gasteiger partial charge in [-0.15, -0.1) is 0 Å². The van der Waals surface area contributed by atoms with Crippen molar-refractivity contribution in [3.63, 3.8) is 0 Å². The fourth-order valence-electron chi connectivity index (χ4n) is 2.64. The molecule has 0 bridgehead atoms. The number of carbonyl (C=O) groups is 1. The van der Waals surface area contributed by atoms with Gasteiger partial charge in [0.1, 0.15) is 0 Å². The van der Waals surface area contributed by atoms with Crippen molar-refractivity contribution < 1.29 is 9.90 Å². The number of carbonyl (C=O) groups excluding carboxylic acids is 1. The fraction of sp³-hybridized carbons (Fsp3) is 0.500. The molecule has 0 radical (unpaired) electrons. The van der Waals surface area contributed by atoms with E-state index in [0.717, 1.165) is 24.8 Å². The molecule has 98 valence electrons. The van der Waals surface area contributed by atoms with Crippen molar-refractivity contribution in [1.82, 2.24) is 0 Å². The van der Waals surface area contributed by atoms with Crippen LogP contribution in [-0.2, 0) is 0 Å². The Morgan fingerprint density at radius 2 is 2.11 bits per heavy atom. The molecule has 1 aliphatic carbocycles. The molecule has 0 atom stereocenters. The van der Waals surface area contributed by atoms with Gasteiger partial charge >= 0.3 is 0 Å². The van der Waals surface area contributed by atoms with Gasteiger partial charge in [0.25, 0.3) is 0 Å². The predicted molar refractivity (Wildman–Crippen MR) is 73.5 cm³/mol. The van der Waals surface area contributed by atoms with Crippen LogP contribution in [0, 0.1) is 0 Å². The second kappa shape index (κ2) is 6.21. The molecule has 2 rings (SSSR count). The van der Waals surface area contributed by atoms with Crippen LogP contribution in [0.1, 0.15) is 36.0 Å². The van der Waals surface area contributed by atoms with Crippen LogP contribution in [0.15, 0.2) is 18.2 Å². The summed E-state index contributed by atoms with van der Waals surface area (Å²) >= 11 is 6.06. The van der Waals surface area contributed by atoms with Gasteiger partial charge < -0.3 is 10.0 Å². The van der Waals surface area contributed by atoms with Gasteiger partial charge in [0.15, 0.2) is 6.29 Å². The van der Waals surface area contributed by atoms with Crippen molar-refractivity contribution in [3.8, 4) is 0 Å². The first kappa shape index (κ1) is 13.4. The second-order valence-electron chi connectivity index (χ2n) is 4.68. The van der Waals surface area contributed by atoms with Gasteiger partial charge in [0, 0.05) is 23.8 Å². The van der Waals surface area contributed by atoms with Gasteiger partial charge in [-0.3, -0.25) is 4.79 Å². The Labute approximate surface area is 112 Å². The summed E-state index contributed by atoms with van der Waals surface area (Å²) in [5, 5.41) is 9.67. The monoisotopic (exact) mass is 267 g/mol. The number of hydrogen-bond acceptors (Lipinski definition) is 3. The van der Waals surface area contributed by atoms with E-state index in [1.54, 1.807) is 6.07 Å². The minimum atomic E-state index is 0.129. The summed E-state index contributed by atoms with van der Waals surface area (Å²) in [7, 11) is 0. The topological polar surface area (TPSA) is 40.5 Å². The Morgan fingerprint density at radius 1 is 1.39 bits per heavy atom. The molecule has 0 unspecified atom stereocenters. The number of rotatable bonds is 5. The quantitative estimate of drug-likeness (QED) is 0.834. The first-order valence-electron chi connectivity index (χ1n) is 6.38. The van der Waals surface area contributed by atoms with Gasteiger partial charge in [-0.2, -0.15) is 0 Å². The van der Waals surface area contributed by atoms with Gasteiger partial charge in [0.05, 0.1) is 11.6 Å². The Hall–Kier alpha value is -1.06. The SMILES string of the molecule is O=Cc1ccc(N(CCO)C2CCCC2)cc1Cl. The zero-order valence-electron chi connectivity index (χ0n) is 10.3. The summed E-state index contributed by atoms with van der Waals surface area (Å²) in [6.07, 6.45) is 5.57. The first-order valence-corrected chi connectivity index (χ1v) is 6.76. The van der Waals surface area contributed by atoms with E-state index in [0.29, 0.717) is 23.2 Å².